The van der Waals surface area contributed by atoms with Crippen LogP contribution in [-0.4, -0.2) is 59.8 Å². The summed E-state index contributed by atoms with van der Waals surface area (Å²) in [6.45, 7) is 4.39. The van der Waals surface area contributed by atoms with Crippen molar-refractivity contribution in [2.45, 2.75) is 57.2 Å². The normalized spacial score (nSPS) is 22.7. The molecule has 6 rings (SSSR count). The number of likely N-dealkylation sites (tertiary alicyclic amines) is 1. The highest BCUT2D eigenvalue weighted by atomic mass is 19.3. The molecule has 0 unspecified atom stereocenters. The van der Waals surface area contributed by atoms with E-state index < -0.39 is 17.3 Å². The predicted molar refractivity (Wildman–Crippen MR) is 140 cm³/mol. The van der Waals surface area contributed by atoms with E-state index in [2.05, 4.69) is 21.3 Å². The molecule has 2 aromatic carbocycles. The molecule has 9 heteroatoms. The Bertz CT molecular complexity index is 1380. The van der Waals surface area contributed by atoms with Crippen LogP contribution in [0.1, 0.15) is 58.8 Å². The molecule has 3 fully saturated rings. The molecule has 1 atom stereocenters. The predicted octanol–water partition coefficient (Wildman–Crippen LogP) is 5.75. The van der Waals surface area contributed by atoms with E-state index in [0.717, 1.165) is 39.0 Å². The summed E-state index contributed by atoms with van der Waals surface area (Å²) in [4.78, 5) is 17.5. The van der Waals surface area contributed by atoms with Gasteiger partial charge in [-0.1, -0.05) is 6.07 Å². The number of carboxylic acid groups (broad SMARTS) is 1. The Labute approximate surface area is 220 Å². The summed E-state index contributed by atoms with van der Waals surface area (Å²) in [7, 11) is 1.67. The average Bonchev–Trinajstić information content (AvgIpc) is 3.33. The van der Waals surface area contributed by atoms with Crippen molar-refractivity contribution in [2.75, 3.05) is 32.2 Å². The molecule has 3 aliphatic rings. The Kier molecular flexibility index (Phi) is 6.11. The largest absolute Gasteiger partial charge is 0.496 e. The average molecular weight is 526 g/mol. The van der Waals surface area contributed by atoms with Gasteiger partial charge in [0, 0.05) is 53.8 Å². The number of anilines is 1. The van der Waals surface area contributed by atoms with Gasteiger partial charge in [0.25, 0.3) is 0 Å². The summed E-state index contributed by atoms with van der Waals surface area (Å²) in [6.07, 6.45) is 3.04. The second-order valence-electron chi connectivity index (χ2n) is 11.3. The molecule has 202 valence electrons. The second-order valence-corrected chi connectivity index (χ2v) is 11.3. The van der Waals surface area contributed by atoms with E-state index in [1.807, 2.05) is 25.3 Å². The molecule has 1 aliphatic carbocycles. The number of methoxy groups -OCH3 is 1. The number of aromatic nitrogens is 1. The number of carbonyl (C=O) groups is 1. The summed E-state index contributed by atoms with van der Waals surface area (Å²) in [5.41, 5.74) is 4.66. The Morgan fingerprint density at radius 3 is 2.71 bits per heavy atom. The number of ether oxygens (including phenoxy) is 2. The van der Waals surface area contributed by atoms with Crippen LogP contribution in [0.5, 0.6) is 5.75 Å². The Morgan fingerprint density at radius 2 is 2.05 bits per heavy atom. The maximum absolute atomic E-state index is 14.1. The third kappa shape index (κ3) is 4.41. The van der Waals surface area contributed by atoms with Crippen molar-refractivity contribution in [1.29, 1.82) is 0 Å². The number of fused-ring (bicyclic) bond motifs is 1. The summed E-state index contributed by atoms with van der Waals surface area (Å²) < 4.78 is 39.4. The molecule has 2 aliphatic heterocycles. The number of benzene rings is 2. The first-order chi connectivity index (χ1) is 18.2. The molecule has 0 amide bonds. The summed E-state index contributed by atoms with van der Waals surface area (Å²) >= 11 is 0. The number of H-pyrrole nitrogens is 1. The van der Waals surface area contributed by atoms with Crippen LogP contribution >= 0.6 is 0 Å². The number of halogens is 2. The fourth-order valence-corrected chi connectivity index (χ4v) is 6.67. The second kappa shape index (κ2) is 9.24. The lowest BCUT2D eigenvalue weighted by Crippen LogP contribution is -2.53. The van der Waals surface area contributed by atoms with Crippen LogP contribution < -0.4 is 10.1 Å². The van der Waals surface area contributed by atoms with Crippen LogP contribution in [0.4, 0.5) is 14.5 Å². The van der Waals surface area contributed by atoms with Crippen LogP contribution in [-0.2, 0) is 11.3 Å². The van der Waals surface area contributed by atoms with E-state index in [-0.39, 0.29) is 30.5 Å². The van der Waals surface area contributed by atoms with Gasteiger partial charge in [0.05, 0.1) is 31.9 Å². The number of carboxylic acids is 1. The molecule has 1 aromatic heterocycles. The number of aryl methyl sites for hydroxylation is 1. The third-order valence-corrected chi connectivity index (χ3v) is 8.61. The van der Waals surface area contributed by atoms with Gasteiger partial charge in [-0.05, 0) is 67.1 Å². The van der Waals surface area contributed by atoms with Gasteiger partial charge in [-0.15, -0.1) is 0 Å². The van der Waals surface area contributed by atoms with Crippen molar-refractivity contribution in [3.63, 3.8) is 0 Å². The molecule has 2 saturated heterocycles. The maximum Gasteiger partial charge on any atom is 0.335 e. The number of rotatable bonds is 7. The van der Waals surface area contributed by atoms with E-state index in [4.69, 9.17) is 9.47 Å². The molecular formula is C29H33F2N3O4. The molecule has 0 radical (unpaired) electrons. The van der Waals surface area contributed by atoms with Gasteiger partial charge in [0.1, 0.15) is 5.75 Å². The van der Waals surface area contributed by atoms with Crippen molar-refractivity contribution in [3.8, 4) is 5.75 Å². The fraction of sp³-hybridized carbons (Fsp3) is 0.483. The zero-order valence-corrected chi connectivity index (χ0v) is 21.7. The lowest BCUT2D eigenvalue weighted by Gasteiger charge is -2.55. The number of nitrogens with zero attached hydrogens (tertiary/aromatic N) is 1. The maximum atomic E-state index is 14.1. The molecule has 1 spiro atoms. The number of hydrogen-bond acceptors (Lipinski definition) is 5. The highest BCUT2D eigenvalue weighted by Crippen LogP contribution is 2.61. The molecular weight excluding hydrogens is 492 g/mol. The SMILES string of the molecule is COc1cc(C)c2[nH]ccc2c1CN1CCC2(C[C@@H]1c1ccc(C(=O)O)cc1NC1COC1)CC(F)(F)C2. The first-order valence-electron chi connectivity index (χ1n) is 13.1. The zero-order chi connectivity index (χ0) is 26.7. The quantitative estimate of drug-likeness (QED) is 0.364. The summed E-state index contributed by atoms with van der Waals surface area (Å²) in [5, 5.41) is 14.2. The molecule has 1 saturated carbocycles. The van der Waals surface area contributed by atoms with E-state index in [0.29, 0.717) is 39.1 Å². The van der Waals surface area contributed by atoms with Gasteiger partial charge < -0.3 is 24.9 Å². The molecule has 3 N–H and O–H groups in total. The van der Waals surface area contributed by atoms with Crippen molar-refractivity contribution in [2.24, 2.45) is 5.41 Å². The monoisotopic (exact) mass is 525 g/mol. The lowest BCUT2D eigenvalue weighted by molar-refractivity contribution is -0.186. The minimum atomic E-state index is -2.61. The summed E-state index contributed by atoms with van der Waals surface area (Å²) in [5.74, 6) is -2.81. The number of aromatic amines is 1. The summed E-state index contributed by atoms with van der Waals surface area (Å²) in [6, 6.07) is 9.16. The van der Waals surface area contributed by atoms with Crippen molar-refractivity contribution in [3.05, 3.63) is 58.8 Å². The van der Waals surface area contributed by atoms with Crippen LogP contribution in [0.2, 0.25) is 0 Å². The number of hydrogen-bond donors (Lipinski definition) is 3. The number of piperidine rings is 1. The van der Waals surface area contributed by atoms with Gasteiger partial charge in [0.15, 0.2) is 0 Å². The standard InChI is InChI=1S/C29H33F2N3O4/c1-17-9-25(37-2)22(20-5-7-32-26(17)20)12-34-8-6-28(15-29(30,31)16-28)11-24(34)21-4-3-18(27(35)36)10-23(21)33-19-13-38-14-19/h3-5,7,9-10,19,24,32-33H,6,8,11-16H2,1-2H3,(H,35,36)/t24-/m1/s1. The van der Waals surface area contributed by atoms with E-state index in [1.165, 1.54) is 0 Å². The lowest BCUT2D eigenvalue weighted by atomic mass is 9.58. The number of aromatic carboxylic acids is 1. The highest BCUT2D eigenvalue weighted by molar-refractivity contribution is 5.89. The van der Waals surface area contributed by atoms with Gasteiger partial charge in [-0.3, -0.25) is 4.90 Å². The third-order valence-electron chi connectivity index (χ3n) is 8.61. The number of nitrogens with one attached hydrogen (secondary N) is 2. The van der Waals surface area contributed by atoms with Crippen molar-refractivity contribution in [1.82, 2.24) is 9.88 Å². The topological polar surface area (TPSA) is 86.8 Å². The van der Waals surface area contributed by atoms with Crippen molar-refractivity contribution < 1.29 is 28.2 Å². The van der Waals surface area contributed by atoms with Crippen molar-refractivity contribution >= 4 is 22.6 Å². The molecule has 7 nitrogen and oxygen atoms in total. The first kappa shape index (κ1) is 25.1. The highest BCUT2D eigenvalue weighted by Gasteiger charge is 2.58. The van der Waals surface area contributed by atoms with Crippen LogP contribution in [0.25, 0.3) is 10.9 Å². The van der Waals surface area contributed by atoms with E-state index >= 15 is 0 Å². The minimum absolute atomic E-state index is 0.0906. The van der Waals surface area contributed by atoms with Gasteiger partial charge in [-0.25, -0.2) is 13.6 Å². The minimum Gasteiger partial charge on any atom is -0.496 e. The van der Waals surface area contributed by atoms with Gasteiger partial charge in [0.2, 0.25) is 5.92 Å². The zero-order valence-electron chi connectivity index (χ0n) is 21.7. The molecule has 0 bridgehead atoms. The Hall–Kier alpha value is -3.17. The first-order valence-corrected chi connectivity index (χ1v) is 13.1. The fourth-order valence-electron chi connectivity index (χ4n) is 6.67. The van der Waals surface area contributed by atoms with Gasteiger partial charge in [-0.2, -0.15) is 0 Å². The number of alkyl halides is 2. The Morgan fingerprint density at radius 1 is 1.26 bits per heavy atom. The smallest absolute Gasteiger partial charge is 0.335 e. The molecule has 3 heterocycles. The molecule has 3 aromatic rings. The van der Waals surface area contributed by atoms with Gasteiger partial charge >= 0.3 is 5.97 Å². The van der Waals surface area contributed by atoms with E-state index in [1.54, 1.807) is 19.2 Å². The van der Waals surface area contributed by atoms with Crippen LogP contribution in [0.3, 0.4) is 0 Å². The Balaban J connectivity index is 1.41. The van der Waals surface area contributed by atoms with Crippen LogP contribution in [0, 0.1) is 12.3 Å². The van der Waals surface area contributed by atoms with E-state index in [9.17, 15) is 18.7 Å². The van der Waals surface area contributed by atoms with Crippen LogP contribution in [0.15, 0.2) is 36.5 Å². The molecule has 38 heavy (non-hydrogen) atoms.